The van der Waals surface area contributed by atoms with Crippen molar-refractivity contribution in [2.45, 2.75) is 39.7 Å². The van der Waals surface area contributed by atoms with Crippen molar-refractivity contribution in [3.05, 3.63) is 46.0 Å². The zero-order valence-corrected chi connectivity index (χ0v) is 12.5. The second-order valence-corrected chi connectivity index (χ2v) is 5.45. The van der Waals surface area contributed by atoms with Gasteiger partial charge < -0.3 is 5.32 Å². The molecule has 0 spiro atoms. The van der Waals surface area contributed by atoms with Crippen molar-refractivity contribution < 1.29 is 0 Å². The summed E-state index contributed by atoms with van der Waals surface area (Å²) in [4.78, 5) is 0. The predicted molar refractivity (Wildman–Crippen MR) is 79.4 cm³/mol. The molecule has 1 aromatic carbocycles. The van der Waals surface area contributed by atoms with Crippen LogP contribution in [0.3, 0.4) is 0 Å². The van der Waals surface area contributed by atoms with Gasteiger partial charge in [0, 0.05) is 10.5 Å². The molecule has 1 unspecified atom stereocenters. The Labute approximate surface area is 113 Å². The molecule has 0 saturated carbocycles. The molecule has 0 aliphatic heterocycles. The van der Waals surface area contributed by atoms with Crippen LogP contribution in [0.4, 0.5) is 0 Å². The molecule has 94 valence electrons. The number of benzene rings is 1. The molecular formula is C15H22BrN. The van der Waals surface area contributed by atoms with Gasteiger partial charge in [0.25, 0.3) is 0 Å². The zero-order chi connectivity index (χ0) is 12.7. The highest BCUT2D eigenvalue weighted by Crippen LogP contribution is 2.18. The second kappa shape index (κ2) is 7.67. The molecule has 0 bridgehead atoms. The maximum absolute atomic E-state index is 3.61. The van der Waals surface area contributed by atoms with Crippen LogP contribution in [0.2, 0.25) is 0 Å². The van der Waals surface area contributed by atoms with E-state index in [1.807, 2.05) is 0 Å². The van der Waals surface area contributed by atoms with Crippen LogP contribution in [-0.4, -0.2) is 12.6 Å². The lowest BCUT2D eigenvalue weighted by molar-refractivity contribution is 0.581. The van der Waals surface area contributed by atoms with Crippen LogP contribution in [0.15, 0.2) is 40.4 Å². The molecule has 0 aromatic heterocycles. The van der Waals surface area contributed by atoms with E-state index in [1.54, 1.807) is 0 Å². The molecule has 1 nitrogen and oxygen atoms in total. The zero-order valence-electron chi connectivity index (χ0n) is 11.0. The van der Waals surface area contributed by atoms with E-state index in [4.69, 9.17) is 0 Å². The van der Waals surface area contributed by atoms with Gasteiger partial charge in [-0.1, -0.05) is 52.7 Å². The Morgan fingerprint density at radius 3 is 2.65 bits per heavy atom. The summed E-state index contributed by atoms with van der Waals surface area (Å²) in [5, 5.41) is 3.58. The maximum atomic E-state index is 3.61. The van der Waals surface area contributed by atoms with Crippen LogP contribution in [-0.2, 0) is 6.42 Å². The first-order chi connectivity index (χ1) is 8.13. The molecule has 0 fully saturated rings. The van der Waals surface area contributed by atoms with E-state index in [1.165, 1.54) is 22.0 Å². The number of allylic oxidation sites excluding steroid dienone is 1. The van der Waals surface area contributed by atoms with E-state index in [-0.39, 0.29) is 0 Å². The van der Waals surface area contributed by atoms with Gasteiger partial charge in [-0.25, -0.2) is 0 Å². The molecular weight excluding hydrogens is 274 g/mol. The highest BCUT2D eigenvalue weighted by atomic mass is 79.9. The Hall–Kier alpha value is -0.600. The third kappa shape index (κ3) is 5.51. The van der Waals surface area contributed by atoms with Crippen LogP contribution in [0, 0.1) is 0 Å². The van der Waals surface area contributed by atoms with Gasteiger partial charge in [-0.2, -0.15) is 0 Å². The van der Waals surface area contributed by atoms with Crippen molar-refractivity contribution in [1.82, 2.24) is 5.32 Å². The van der Waals surface area contributed by atoms with Crippen LogP contribution < -0.4 is 5.32 Å². The molecule has 17 heavy (non-hydrogen) atoms. The summed E-state index contributed by atoms with van der Waals surface area (Å²) in [6, 6.07) is 8.87. The normalized spacial score (nSPS) is 12.2. The SMILES string of the molecule is CCCNC(C=C(C)C)Cc1ccccc1Br. The maximum Gasteiger partial charge on any atom is 0.0293 e. The van der Waals surface area contributed by atoms with Crippen molar-refractivity contribution >= 4 is 15.9 Å². The van der Waals surface area contributed by atoms with Gasteiger partial charge in [0.2, 0.25) is 0 Å². The van der Waals surface area contributed by atoms with E-state index in [0.29, 0.717) is 6.04 Å². The van der Waals surface area contributed by atoms with Crippen LogP contribution in [0.5, 0.6) is 0 Å². The Kier molecular flexibility index (Phi) is 6.53. The number of rotatable bonds is 6. The van der Waals surface area contributed by atoms with Gasteiger partial charge in [-0.3, -0.25) is 0 Å². The molecule has 2 heteroatoms. The van der Waals surface area contributed by atoms with Crippen molar-refractivity contribution in [2.24, 2.45) is 0 Å². The van der Waals surface area contributed by atoms with Gasteiger partial charge in [-0.05, 0) is 44.9 Å². The quantitative estimate of drug-likeness (QED) is 0.771. The Morgan fingerprint density at radius 1 is 1.35 bits per heavy atom. The van der Waals surface area contributed by atoms with Crippen molar-refractivity contribution in [3.63, 3.8) is 0 Å². The van der Waals surface area contributed by atoms with Crippen molar-refractivity contribution in [2.75, 3.05) is 6.54 Å². The molecule has 0 saturated heterocycles. The lowest BCUT2D eigenvalue weighted by Gasteiger charge is -2.16. The average molecular weight is 296 g/mol. The topological polar surface area (TPSA) is 12.0 Å². The van der Waals surface area contributed by atoms with E-state index in [2.05, 4.69) is 72.4 Å². The third-order valence-corrected chi connectivity index (χ3v) is 3.36. The predicted octanol–water partition coefficient (Wildman–Crippen LogP) is 4.33. The smallest absolute Gasteiger partial charge is 0.0293 e. The van der Waals surface area contributed by atoms with Crippen LogP contribution in [0.25, 0.3) is 0 Å². The summed E-state index contributed by atoms with van der Waals surface area (Å²) in [6.07, 6.45) is 4.52. The monoisotopic (exact) mass is 295 g/mol. The Balaban J connectivity index is 2.72. The molecule has 1 rings (SSSR count). The largest absolute Gasteiger partial charge is 0.310 e. The van der Waals surface area contributed by atoms with Gasteiger partial charge in [0.1, 0.15) is 0 Å². The minimum atomic E-state index is 0.429. The Bertz CT molecular complexity index is 367. The standard InChI is InChI=1S/C15H22BrN/c1-4-9-17-14(10-12(2)3)11-13-7-5-6-8-15(13)16/h5-8,10,14,17H,4,9,11H2,1-3H3. The summed E-state index contributed by atoms with van der Waals surface area (Å²) >= 11 is 3.61. The van der Waals surface area contributed by atoms with E-state index in [9.17, 15) is 0 Å². The van der Waals surface area contributed by atoms with Crippen molar-refractivity contribution in [3.8, 4) is 0 Å². The first-order valence-corrected chi connectivity index (χ1v) is 7.04. The minimum absolute atomic E-state index is 0.429. The summed E-state index contributed by atoms with van der Waals surface area (Å²) in [7, 11) is 0. The van der Waals surface area contributed by atoms with Crippen molar-refractivity contribution in [1.29, 1.82) is 0 Å². The fourth-order valence-electron chi connectivity index (χ4n) is 1.82. The van der Waals surface area contributed by atoms with Gasteiger partial charge in [0.05, 0.1) is 0 Å². The molecule has 0 aliphatic carbocycles. The molecule has 0 radical (unpaired) electrons. The molecule has 0 heterocycles. The van der Waals surface area contributed by atoms with E-state index in [0.717, 1.165) is 13.0 Å². The highest BCUT2D eigenvalue weighted by molar-refractivity contribution is 9.10. The lowest BCUT2D eigenvalue weighted by atomic mass is 10.0. The first kappa shape index (κ1) is 14.5. The fourth-order valence-corrected chi connectivity index (χ4v) is 2.27. The molecule has 1 N–H and O–H groups in total. The summed E-state index contributed by atoms with van der Waals surface area (Å²) < 4.78 is 1.20. The second-order valence-electron chi connectivity index (χ2n) is 4.60. The molecule has 1 aromatic rings. The fraction of sp³-hybridized carbons (Fsp3) is 0.467. The minimum Gasteiger partial charge on any atom is -0.310 e. The molecule has 0 amide bonds. The summed E-state index contributed by atoms with van der Waals surface area (Å²) in [6.45, 7) is 7.57. The van der Waals surface area contributed by atoms with Crippen LogP contribution >= 0.6 is 15.9 Å². The lowest BCUT2D eigenvalue weighted by Crippen LogP contribution is -2.30. The third-order valence-electron chi connectivity index (χ3n) is 2.59. The van der Waals surface area contributed by atoms with Gasteiger partial charge in [0.15, 0.2) is 0 Å². The van der Waals surface area contributed by atoms with E-state index >= 15 is 0 Å². The van der Waals surface area contributed by atoms with E-state index < -0.39 is 0 Å². The number of halogens is 1. The first-order valence-electron chi connectivity index (χ1n) is 6.25. The summed E-state index contributed by atoms with van der Waals surface area (Å²) in [5.74, 6) is 0. The van der Waals surface area contributed by atoms with Gasteiger partial charge >= 0.3 is 0 Å². The molecule has 0 aliphatic rings. The number of hydrogen-bond acceptors (Lipinski definition) is 1. The van der Waals surface area contributed by atoms with Gasteiger partial charge in [-0.15, -0.1) is 0 Å². The summed E-state index contributed by atoms with van der Waals surface area (Å²) in [5.41, 5.74) is 2.73. The number of nitrogens with one attached hydrogen (secondary N) is 1. The van der Waals surface area contributed by atoms with Crippen LogP contribution in [0.1, 0.15) is 32.8 Å². The number of hydrogen-bond donors (Lipinski definition) is 1. The highest BCUT2D eigenvalue weighted by Gasteiger charge is 2.07. The molecule has 1 atom stereocenters. The Morgan fingerprint density at radius 2 is 2.06 bits per heavy atom. The average Bonchev–Trinajstić information content (AvgIpc) is 2.28.